The highest BCUT2D eigenvalue weighted by atomic mass is 28.4. The molecule has 1 nitrogen and oxygen atoms in total. The summed E-state index contributed by atoms with van der Waals surface area (Å²) >= 11 is 0. The van der Waals surface area contributed by atoms with Crippen molar-refractivity contribution < 1.29 is 4.43 Å². The first-order valence-corrected chi connectivity index (χ1v) is 9.09. The zero-order valence-corrected chi connectivity index (χ0v) is 12.5. The SMILES string of the molecule is C=CCC(C)(C)CO[Si](C)(C)c1ccccc1. The summed E-state index contributed by atoms with van der Waals surface area (Å²) in [6.07, 6.45) is 2.96. The number of hydrogen-bond acceptors (Lipinski definition) is 1. The minimum Gasteiger partial charge on any atom is -0.412 e. The van der Waals surface area contributed by atoms with Crippen LogP contribution in [-0.2, 0) is 4.43 Å². The van der Waals surface area contributed by atoms with Crippen molar-refractivity contribution in [2.24, 2.45) is 5.41 Å². The molecule has 0 aliphatic heterocycles. The third-order valence-electron chi connectivity index (χ3n) is 2.99. The molecule has 2 heteroatoms. The van der Waals surface area contributed by atoms with Crippen molar-refractivity contribution in [3.63, 3.8) is 0 Å². The fourth-order valence-electron chi connectivity index (χ4n) is 1.75. The molecular weight excluding hydrogens is 224 g/mol. The van der Waals surface area contributed by atoms with E-state index in [4.69, 9.17) is 4.43 Å². The van der Waals surface area contributed by atoms with Gasteiger partial charge in [-0.1, -0.05) is 50.3 Å². The van der Waals surface area contributed by atoms with Crippen LogP contribution in [0, 0.1) is 5.41 Å². The molecule has 0 atom stereocenters. The molecule has 0 saturated carbocycles. The van der Waals surface area contributed by atoms with Gasteiger partial charge >= 0.3 is 0 Å². The molecule has 1 aromatic carbocycles. The van der Waals surface area contributed by atoms with Gasteiger partial charge in [-0.15, -0.1) is 6.58 Å². The van der Waals surface area contributed by atoms with E-state index in [2.05, 4.69) is 63.9 Å². The Labute approximate surface area is 107 Å². The summed E-state index contributed by atoms with van der Waals surface area (Å²) in [5.41, 5.74) is 0.181. The van der Waals surface area contributed by atoms with Crippen molar-refractivity contribution in [2.75, 3.05) is 6.61 Å². The molecule has 0 aliphatic carbocycles. The molecule has 0 spiro atoms. The largest absolute Gasteiger partial charge is 0.412 e. The van der Waals surface area contributed by atoms with Crippen LogP contribution >= 0.6 is 0 Å². The molecular formula is C15H24OSi. The van der Waals surface area contributed by atoms with Gasteiger partial charge in [0, 0.05) is 6.61 Å². The van der Waals surface area contributed by atoms with Crippen molar-refractivity contribution in [3.05, 3.63) is 43.0 Å². The van der Waals surface area contributed by atoms with Gasteiger partial charge < -0.3 is 4.43 Å². The lowest BCUT2D eigenvalue weighted by Crippen LogP contribution is -2.46. The van der Waals surface area contributed by atoms with Crippen LogP contribution in [-0.4, -0.2) is 14.9 Å². The summed E-state index contributed by atoms with van der Waals surface area (Å²) in [7, 11) is -1.75. The average Bonchev–Trinajstić information content (AvgIpc) is 2.28. The van der Waals surface area contributed by atoms with E-state index in [1.165, 1.54) is 5.19 Å². The van der Waals surface area contributed by atoms with E-state index in [1.807, 2.05) is 6.08 Å². The van der Waals surface area contributed by atoms with Crippen molar-refractivity contribution >= 4 is 13.5 Å². The minimum atomic E-state index is -1.75. The first kappa shape index (κ1) is 14.2. The van der Waals surface area contributed by atoms with Gasteiger partial charge in [0.25, 0.3) is 0 Å². The standard InChI is InChI=1S/C15H24OSi/c1-6-12-15(2,3)13-16-17(4,5)14-10-8-7-9-11-14/h6-11H,1,12-13H2,2-5H3. The maximum absolute atomic E-state index is 6.22. The van der Waals surface area contributed by atoms with Gasteiger partial charge in [0.2, 0.25) is 8.32 Å². The quantitative estimate of drug-likeness (QED) is 0.551. The Kier molecular flexibility index (Phi) is 4.72. The second-order valence-electron chi connectivity index (χ2n) is 5.82. The van der Waals surface area contributed by atoms with E-state index in [-0.39, 0.29) is 5.41 Å². The van der Waals surface area contributed by atoms with Crippen LogP contribution in [0.4, 0.5) is 0 Å². The zero-order chi connectivity index (χ0) is 12.9. The maximum atomic E-state index is 6.22. The fraction of sp³-hybridized carbons (Fsp3) is 0.467. The molecule has 0 unspecified atom stereocenters. The van der Waals surface area contributed by atoms with Crippen LogP contribution in [0.15, 0.2) is 43.0 Å². The second kappa shape index (κ2) is 5.65. The third kappa shape index (κ3) is 4.48. The number of allylic oxidation sites excluding steroid dienone is 1. The van der Waals surface area contributed by atoms with Gasteiger partial charge in [-0.05, 0) is 30.1 Å². The molecule has 1 rings (SSSR count). The smallest absolute Gasteiger partial charge is 0.218 e. The van der Waals surface area contributed by atoms with Gasteiger partial charge in [0.1, 0.15) is 0 Å². The summed E-state index contributed by atoms with van der Waals surface area (Å²) < 4.78 is 6.22. The summed E-state index contributed by atoms with van der Waals surface area (Å²) in [5, 5.41) is 1.36. The highest BCUT2D eigenvalue weighted by Gasteiger charge is 2.28. The van der Waals surface area contributed by atoms with E-state index in [9.17, 15) is 0 Å². The second-order valence-corrected chi connectivity index (χ2v) is 9.71. The highest BCUT2D eigenvalue weighted by molar-refractivity contribution is 6.84. The molecule has 1 aromatic rings. The Bertz CT molecular complexity index is 354. The molecule has 0 bridgehead atoms. The lowest BCUT2D eigenvalue weighted by atomic mass is 9.91. The van der Waals surface area contributed by atoms with Crippen LogP contribution in [0.1, 0.15) is 20.3 Å². The van der Waals surface area contributed by atoms with Gasteiger partial charge in [0.05, 0.1) is 0 Å². The monoisotopic (exact) mass is 248 g/mol. The molecule has 0 fully saturated rings. The zero-order valence-electron chi connectivity index (χ0n) is 11.5. The molecule has 94 valence electrons. The van der Waals surface area contributed by atoms with E-state index < -0.39 is 8.32 Å². The average molecular weight is 248 g/mol. The first-order valence-electron chi connectivity index (χ1n) is 6.18. The van der Waals surface area contributed by atoms with E-state index in [0.717, 1.165) is 13.0 Å². The van der Waals surface area contributed by atoms with Gasteiger partial charge in [0.15, 0.2) is 0 Å². The van der Waals surface area contributed by atoms with Crippen LogP contribution in [0.25, 0.3) is 0 Å². The molecule has 0 heterocycles. The highest BCUT2D eigenvalue weighted by Crippen LogP contribution is 2.22. The Morgan fingerprint density at radius 3 is 2.35 bits per heavy atom. The Morgan fingerprint density at radius 1 is 1.24 bits per heavy atom. The third-order valence-corrected chi connectivity index (χ3v) is 5.58. The van der Waals surface area contributed by atoms with Crippen LogP contribution < -0.4 is 5.19 Å². The Balaban J connectivity index is 2.65. The van der Waals surface area contributed by atoms with E-state index in [0.29, 0.717) is 0 Å². The van der Waals surface area contributed by atoms with Crippen molar-refractivity contribution in [3.8, 4) is 0 Å². The predicted molar refractivity (Wildman–Crippen MR) is 78.1 cm³/mol. The maximum Gasteiger partial charge on any atom is 0.218 e. The first-order chi connectivity index (χ1) is 7.87. The molecule has 0 N–H and O–H groups in total. The molecule has 0 amide bonds. The molecule has 17 heavy (non-hydrogen) atoms. The number of benzene rings is 1. The van der Waals surface area contributed by atoms with Crippen LogP contribution in [0.5, 0.6) is 0 Å². The minimum absolute atomic E-state index is 0.181. The molecule has 0 aromatic heterocycles. The fourth-order valence-corrected chi connectivity index (χ4v) is 3.66. The number of rotatable bonds is 6. The van der Waals surface area contributed by atoms with Crippen LogP contribution in [0.3, 0.4) is 0 Å². The van der Waals surface area contributed by atoms with Crippen molar-refractivity contribution in [2.45, 2.75) is 33.4 Å². The normalized spacial score (nSPS) is 12.5. The summed E-state index contributed by atoms with van der Waals surface area (Å²) in [5.74, 6) is 0. The molecule has 0 aliphatic rings. The van der Waals surface area contributed by atoms with E-state index in [1.54, 1.807) is 0 Å². The lowest BCUT2D eigenvalue weighted by molar-refractivity contribution is 0.179. The molecule has 0 saturated heterocycles. The van der Waals surface area contributed by atoms with Crippen molar-refractivity contribution in [1.29, 1.82) is 0 Å². The van der Waals surface area contributed by atoms with Gasteiger partial charge in [-0.2, -0.15) is 0 Å². The predicted octanol–water partition coefficient (Wildman–Crippen LogP) is 3.72. The lowest BCUT2D eigenvalue weighted by Gasteiger charge is -2.30. The summed E-state index contributed by atoms with van der Waals surface area (Å²) in [6, 6.07) is 10.6. The van der Waals surface area contributed by atoms with Gasteiger partial charge in [-0.3, -0.25) is 0 Å². The number of hydrogen-bond donors (Lipinski definition) is 0. The Morgan fingerprint density at radius 2 is 1.82 bits per heavy atom. The van der Waals surface area contributed by atoms with Gasteiger partial charge in [-0.25, -0.2) is 0 Å². The summed E-state index contributed by atoms with van der Waals surface area (Å²) in [6.45, 7) is 13.6. The van der Waals surface area contributed by atoms with Crippen molar-refractivity contribution in [1.82, 2.24) is 0 Å². The van der Waals surface area contributed by atoms with Crippen LogP contribution in [0.2, 0.25) is 13.1 Å². The summed E-state index contributed by atoms with van der Waals surface area (Å²) in [4.78, 5) is 0. The molecule has 0 radical (unpaired) electrons. The Hall–Kier alpha value is -0.863. The topological polar surface area (TPSA) is 9.23 Å². The van der Waals surface area contributed by atoms with E-state index >= 15 is 0 Å².